The molecule has 21 heavy (non-hydrogen) atoms. The van der Waals surface area contributed by atoms with E-state index in [2.05, 4.69) is 36.2 Å². The summed E-state index contributed by atoms with van der Waals surface area (Å²) in [5.74, 6) is 0. The van der Waals surface area contributed by atoms with Crippen molar-refractivity contribution in [1.82, 2.24) is 14.8 Å². The molecule has 0 unspecified atom stereocenters. The molecule has 0 aliphatic carbocycles. The van der Waals surface area contributed by atoms with Gasteiger partial charge in [-0.25, -0.2) is 9.67 Å². The Kier molecular flexibility index (Phi) is 2.82. The van der Waals surface area contributed by atoms with E-state index >= 15 is 0 Å². The van der Waals surface area contributed by atoms with Gasteiger partial charge in [-0.05, 0) is 25.1 Å². The van der Waals surface area contributed by atoms with E-state index in [4.69, 9.17) is 5.10 Å². The fourth-order valence-electron chi connectivity index (χ4n) is 2.37. The minimum absolute atomic E-state index is 0.913. The highest BCUT2D eigenvalue weighted by Gasteiger charge is 2.11. The maximum absolute atomic E-state index is 4.71. The predicted molar refractivity (Wildman–Crippen MR) is 86.9 cm³/mol. The Morgan fingerprint density at radius 2 is 1.71 bits per heavy atom. The molecule has 0 radical (unpaired) electrons. The molecule has 2 aromatic heterocycles. The number of hydrogen-bond acceptors (Lipinski definition) is 3. The van der Waals surface area contributed by atoms with Gasteiger partial charge in [0.2, 0.25) is 5.13 Å². The van der Waals surface area contributed by atoms with Gasteiger partial charge in [-0.3, -0.25) is 0 Å². The molecule has 3 nitrogen and oxygen atoms in total. The average molecular weight is 291 g/mol. The fourth-order valence-corrected chi connectivity index (χ4v) is 3.35. The van der Waals surface area contributed by atoms with Crippen LogP contribution in [0.4, 0.5) is 0 Å². The molecule has 0 N–H and O–H groups in total. The number of para-hydroxylation sites is 1. The van der Waals surface area contributed by atoms with Crippen LogP contribution in [0.5, 0.6) is 0 Å². The number of fused-ring (bicyclic) bond motifs is 1. The summed E-state index contributed by atoms with van der Waals surface area (Å²) < 4.78 is 3.11. The SMILES string of the molecule is Cc1cc(-c2ccccc2)nn1-c1nc2ccccc2s1. The summed E-state index contributed by atoms with van der Waals surface area (Å²) >= 11 is 1.66. The summed E-state index contributed by atoms with van der Waals surface area (Å²) in [5, 5.41) is 5.62. The van der Waals surface area contributed by atoms with Gasteiger partial charge >= 0.3 is 0 Å². The van der Waals surface area contributed by atoms with Crippen LogP contribution in [0.1, 0.15) is 5.69 Å². The van der Waals surface area contributed by atoms with Crippen LogP contribution in [0.15, 0.2) is 60.7 Å². The van der Waals surface area contributed by atoms with Crippen LogP contribution in [0.3, 0.4) is 0 Å². The standard InChI is InChI=1S/C17H13N3S/c1-12-11-15(13-7-3-2-4-8-13)19-20(12)17-18-14-9-5-6-10-16(14)21-17/h2-11H,1H3. The lowest BCUT2D eigenvalue weighted by Gasteiger charge is -1.97. The van der Waals surface area contributed by atoms with E-state index in [1.165, 1.54) is 4.70 Å². The molecule has 0 saturated heterocycles. The molecule has 0 saturated carbocycles. The molecule has 0 fully saturated rings. The van der Waals surface area contributed by atoms with Crippen molar-refractivity contribution >= 4 is 21.6 Å². The topological polar surface area (TPSA) is 30.7 Å². The molecular formula is C17H13N3S. The second kappa shape index (κ2) is 4.82. The molecular weight excluding hydrogens is 278 g/mol. The van der Waals surface area contributed by atoms with E-state index in [9.17, 15) is 0 Å². The van der Waals surface area contributed by atoms with Crippen molar-refractivity contribution in [3.05, 3.63) is 66.4 Å². The smallest absolute Gasteiger partial charge is 0.211 e. The monoisotopic (exact) mass is 291 g/mol. The molecule has 2 heterocycles. The first-order valence-corrected chi connectivity index (χ1v) is 7.61. The van der Waals surface area contributed by atoms with Crippen molar-refractivity contribution in [1.29, 1.82) is 0 Å². The highest BCUT2D eigenvalue weighted by Crippen LogP contribution is 2.27. The van der Waals surface area contributed by atoms with E-state index in [1.807, 2.05) is 41.1 Å². The van der Waals surface area contributed by atoms with Crippen molar-refractivity contribution in [3.63, 3.8) is 0 Å². The highest BCUT2D eigenvalue weighted by molar-refractivity contribution is 7.20. The van der Waals surface area contributed by atoms with Gasteiger partial charge in [0.1, 0.15) is 0 Å². The second-order valence-corrected chi connectivity index (χ2v) is 5.92. The van der Waals surface area contributed by atoms with E-state index in [0.717, 1.165) is 27.6 Å². The molecule has 0 aliphatic rings. The minimum atomic E-state index is 0.913. The summed E-state index contributed by atoms with van der Waals surface area (Å²) in [4.78, 5) is 4.67. The quantitative estimate of drug-likeness (QED) is 0.546. The molecule has 0 spiro atoms. The van der Waals surface area contributed by atoms with Gasteiger partial charge < -0.3 is 0 Å². The third kappa shape index (κ3) is 2.14. The number of nitrogens with zero attached hydrogens (tertiary/aromatic N) is 3. The first-order valence-electron chi connectivity index (χ1n) is 6.79. The van der Waals surface area contributed by atoms with E-state index in [-0.39, 0.29) is 0 Å². The van der Waals surface area contributed by atoms with Crippen LogP contribution in [-0.2, 0) is 0 Å². The first-order chi connectivity index (χ1) is 10.3. The van der Waals surface area contributed by atoms with Gasteiger partial charge in [-0.2, -0.15) is 5.10 Å². The van der Waals surface area contributed by atoms with Gasteiger partial charge in [-0.15, -0.1) is 0 Å². The maximum Gasteiger partial charge on any atom is 0.211 e. The largest absolute Gasteiger partial charge is 0.218 e. The molecule has 4 heteroatoms. The van der Waals surface area contributed by atoms with Crippen LogP contribution in [0.2, 0.25) is 0 Å². The Morgan fingerprint density at radius 3 is 2.52 bits per heavy atom. The Labute approximate surface area is 126 Å². The zero-order chi connectivity index (χ0) is 14.2. The van der Waals surface area contributed by atoms with Crippen LogP contribution < -0.4 is 0 Å². The Bertz CT molecular complexity index is 873. The number of aryl methyl sites for hydroxylation is 1. The molecule has 4 rings (SSSR count). The summed E-state index contributed by atoms with van der Waals surface area (Å²) in [5.41, 5.74) is 4.22. The predicted octanol–water partition coefficient (Wildman–Crippen LogP) is 4.46. The van der Waals surface area contributed by atoms with Crippen LogP contribution in [0.25, 0.3) is 26.6 Å². The Balaban J connectivity index is 1.84. The van der Waals surface area contributed by atoms with Gasteiger partial charge in [0.25, 0.3) is 0 Å². The Hall–Kier alpha value is -2.46. The van der Waals surface area contributed by atoms with Crippen LogP contribution in [-0.4, -0.2) is 14.8 Å². The third-order valence-corrected chi connectivity index (χ3v) is 4.43. The van der Waals surface area contributed by atoms with Crippen molar-refractivity contribution in [2.24, 2.45) is 0 Å². The lowest BCUT2D eigenvalue weighted by molar-refractivity contribution is 0.843. The second-order valence-electron chi connectivity index (χ2n) is 4.91. The summed E-state index contributed by atoms with van der Waals surface area (Å²) in [6, 6.07) is 20.5. The zero-order valence-corrected chi connectivity index (χ0v) is 12.3. The van der Waals surface area contributed by atoms with Crippen LogP contribution >= 0.6 is 11.3 Å². The summed E-state index contributed by atoms with van der Waals surface area (Å²) in [7, 11) is 0. The number of benzene rings is 2. The normalized spacial score (nSPS) is 11.1. The van der Waals surface area contributed by atoms with E-state index in [0.29, 0.717) is 0 Å². The molecule has 4 aromatic rings. The Morgan fingerprint density at radius 1 is 0.952 bits per heavy atom. The molecule has 0 amide bonds. The van der Waals surface area contributed by atoms with Crippen LogP contribution in [0, 0.1) is 6.92 Å². The molecule has 0 bridgehead atoms. The van der Waals surface area contributed by atoms with Crippen molar-refractivity contribution < 1.29 is 0 Å². The van der Waals surface area contributed by atoms with Gasteiger partial charge in [0.15, 0.2) is 0 Å². The van der Waals surface area contributed by atoms with Gasteiger partial charge in [0.05, 0.1) is 15.9 Å². The molecule has 0 atom stereocenters. The lowest BCUT2D eigenvalue weighted by Crippen LogP contribution is -1.97. The van der Waals surface area contributed by atoms with E-state index < -0.39 is 0 Å². The highest BCUT2D eigenvalue weighted by atomic mass is 32.1. The van der Waals surface area contributed by atoms with Gasteiger partial charge in [0, 0.05) is 11.3 Å². The summed E-state index contributed by atoms with van der Waals surface area (Å²) in [6.07, 6.45) is 0. The van der Waals surface area contributed by atoms with E-state index in [1.54, 1.807) is 11.3 Å². The fraction of sp³-hybridized carbons (Fsp3) is 0.0588. The number of thiazole rings is 1. The average Bonchev–Trinajstić information content (AvgIpc) is 3.11. The molecule has 102 valence electrons. The number of hydrogen-bond donors (Lipinski definition) is 0. The number of aromatic nitrogens is 3. The lowest BCUT2D eigenvalue weighted by atomic mass is 10.1. The van der Waals surface area contributed by atoms with Crippen molar-refractivity contribution in [2.75, 3.05) is 0 Å². The van der Waals surface area contributed by atoms with Crippen molar-refractivity contribution in [2.45, 2.75) is 6.92 Å². The molecule has 0 aliphatic heterocycles. The zero-order valence-electron chi connectivity index (χ0n) is 11.5. The number of rotatable bonds is 2. The minimum Gasteiger partial charge on any atom is -0.218 e. The van der Waals surface area contributed by atoms with Gasteiger partial charge in [-0.1, -0.05) is 53.8 Å². The summed E-state index contributed by atoms with van der Waals surface area (Å²) in [6.45, 7) is 2.06. The maximum atomic E-state index is 4.71. The molecule has 2 aromatic carbocycles. The van der Waals surface area contributed by atoms with Crippen molar-refractivity contribution in [3.8, 4) is 16.4 Å². The third-order valence-electron chi connectivity index (χ3n) is 3.42. The first kappa shape index (κ1) is 12.3.